The molecule has 1 aromatic heterocycles. The molecule has 1 aromatic carbocycles. The van der Waals surface area contributed by atoms with Gasteiger partial charge in [0, 0.05) is 56.7 Å². The van der Waals surface area contributed by atoms with Crippen molar-refractivity contribution in [1.82, 2.24) is 9.88 Å². The first-order chi connectivity index (χ1) is 15.1. The third kappa shape index (κ3) is 4.17. The van der Waals surface area contributed by atoms with E-state index >= 15 is 4.39 Å². The smallest absolute Gasteiger partial charge is 0.253 e. The number of hydrogen-bond donors (Lipinski definition) is 0. The van der Waals surface area contributed by atoms with Crippen LogP contribution in [-0.2, 0) is 16.4 Å². The minimum Gasteiger partial charge on any atom is -0.297 e. The number of benzene rings is 1. The topological polar surface area (TPSA) is 56.8 Å². The second kappa shape index (κ2) is 7.81. The molecule has 1 aliphatic carbocycles. The molecule has 11 heteroatoms. The first-order valence-electron chi connectivity index (χ1n) is 10.4. The summed E-state index contributed by atoms with van der Waals surface area (Å²) >= 11 is 1.32. The molecular formula is C21H23F3N4O2S2. The number of hydrogen-bond acceptors (Lipinski definition) is 7. The highest BCUT2D eigenvalue weighted by Crippen LogP contribution is 2.52. The van der Waals surface area contributed by atoms with Crippen LogP contribution in [0, 0.1) is 11.7 Å². The number of nitrogens with zero attached hydrogens (tertiary/aromatic N) is 4. The lowest BCUT2D eigenvalue weighted by Crippen LogP contribution is -2.39. The lowest BCUT2D eigenvalue weighted by Gasteiger charge is -2.26. The van der Waals surface area contributed by atoms with Gasteiger partial charge >= 0.3 is 0 Å². The van der Waals surface area contributed by atoms with Crippen molar-refractivity contribution in [3.8, 4) is 11.3 Å². The van der Waals surface area contributed by atoms with Crippen molar-refractivity contribution in [3.63, 3.8) is 0 Å². The lowest BCUT2D eigenvalue weighted by molar-refractivity contribution is 0.101. The maximum atomic E-state index is 15.4. The van der Waals surface area contributed by atoms with Gasteiger partial charge in [0.15, 0.2) is 15.7 Å². The molecule has 3 heterocycles. The Bertz CT molecular complexity index is 1150. The number of pyridine rings is 1. The van der Waals surface area contributed by atoms with Gasteiger partial charge in [0.05, 0.1) is 35.0 Å². The third-order valence-electron chi connectivity index (χ3n) is 6.17. The van der Waals surface area contributed by atoms with E-state index in [0.717, 1.165) is 5.69 Å². The SMILES string of the molecule is CN1SN(CC2CC2(F)F)c2ccc(-c3cccc(CN4CCS(=O)(=O)CC4)c3F)nc21. The van der Waals surface area contributed by atoms with Crippen molar-refractivity contribution in [1.29, 1.82) is 0 Å². The van der Waals surface area contributed by atoms with Crippen LogP contribution in [0.4, 0.5) is 24.7 Å². The predicted molar refractivity (Wildman–Crippen MR) is 120 cm³/mol. The lowest BCUT2D eigenvalue weighted by atomic mass is 10.1. The average molecular weight is 485 g/mol. The number of sulfone groups is 1. The fourth-order valence-electron chi connectivity index (χ4n) is 4.10. The molecule has 0 amide bonds. The van der Waals surface area contributed by atoms with Gasteiger partial charge in [-0.25, -0.2) is 26.6 Å². The van der Waals surface area contributed by atoms with E-state index in [1.54, 1.807) is 34.6 Å². The monoisotopic (exact) mass is 484 g/mol. The van der Waals surface area contributed by atoms with Crippen LogP contribution in [0.2, 0.25) is 0 Å². The molecule has 2 aliphatic heterocycles. The van der Waals surface area contributed by atoms with Crippen LogP contribution in [0.5, 0.6) is 0 Å². The Balaban J connectivity index is 1.36. The molecule has 32 heavy (non-hydrogen) atoms. The molecule has 172 valence electrons. The van der Waals surface area contributed by atoms with E-state index in [2.05, 4.69) is 4.98 Å². The molecule has 6 nitrogen and oxygen atoms in total. The van der Waals surface area contributed by atoms with Gasteiger partial charge in [0.25, 0.3) is 5.92 Å². The summed E-state index contributed by atoms with van der Waals surface area (Å²) in [6.45, 7) is 1.35. The molecule has 2 aromatic rings. The Morgan fingerprint density at radius 3 is 2.59 bits per heavy atom. The van der Waals surface area contributed by atoms with Crippen molar-refractivity contribution >= 4 is 33.5 Å². The van der Waals surface area contributed by atoms with E-state index in [9.17, 15) is 17.2 Å². The highest BCUT2D eigenvalue weighted by molar-refractivity contribution is 8.02. The van der Waals surface area contributed by atoms with E-state index < -0.39 is 21.7 Å². The molecule has 0 radical (unpaired) electrons. The van der Waals surface area contributed by atoms with Crippen LogP contribution in [-0.4, -0.2) is 62.4 Å². The van der Waals surface area contributed by atoms with Crippen LogP contribution in [0.3, 0.4) is 0 Å². The molecule has 0 spiro atoms. The minimum absolute atomic E-state index is 0.0877. The molecule has 1 saturated heterocycles. The average Bonchev–Trinajstić information content (AvgIpc) is 3.22. The van der Waals surface area contributed by atoms with Gasteiger partial charge in [-0.3, -0.25) is 13.5 Å². The van der Waals surface area contributed by atoms with Gasteiger partial charge in [-0.05, 0) is 18.2 Å². The standard InChI is InChI=1S/C21H23F3N4O2S2/c1-26-20-18(28(31-26)13-15-11-21(15,23)24)6-5-17(25-20)16-4-2-3-14(19(16)22)12-27-7-9-32(29,30)10-8-27/h2-6,15H,7-13H2,1H3. The largest absolute Gasteiger partial charge is 0.297 e. The molecule has 1 saturated carbocycles. The summed E-state index contributed by atoms with van der Waals surface area (Å²) in [5.74, 6) is -2.81. The van der Waals surface area contributed by atoms with Crippen molar-refractivity contribution < 1.29 is 21.6 Å². The van der Waals surface area contributed by atoms with Crippen LogP contribution < -0.4 is 8.61 Å². The third-order valence-corrected chi connectivity index (χ3v) is 8.74. The number of aromatic nitrogens is 1. The van der Waals surface area contributed by atoms with E-state index in [-0.39, 0.29) is 30.3 Å². The molecule has 1 atom stereocenters. The molecule has 0 bridgehead atoms. The summed E-state index contributed by atoms with van der Waals surface area (Å²) in [4.78, 5) is 6.57. The first kappa shape index (κ1) is 21.8. The Morgan fingerprint density at radius 2 is 1.91 bits per heavy atom. The minimum atomic E-state index is -2.99. The highest BCUT2D eigenvalue weighted by atomic mass is 32.2. The van der Waals surface area contributed by atoms with Gasteiger partial charge in [-0.15, -0.1) is 0 Å². The molecule has 3 aliphatic rings. The quantitative estimate of drug-likeness (QED) is 0.601. The number of rotatable bonds is 5. The van der Waals surface area contributed by atoms with Crippen molar-refractivity contribution in [3.05, 3.63) is 41.7 Å². The highest BCUT2D eigenvalue weighted by Gasteiger charge is 2.57. The zero-order valence-electron chi connectivity index (χ0n) is 17.5. The van der Waals surface area contributed by atoms with Crippen LogP contribution in [0.25, 0.3) is 11.3 Å². The number of alkyl halides is 2. The number of fused-ring (bicyclic) bond motifs is 1. The van der Waals surface area contributed by atoms with E-state index in [1.807, 2.05) is 16.3 Å². The zero-order valence-corrected chi connectivity index (χ0v) is 19.1. The summed E-state index contributed by atoms with van der Waals surface area (Å²) in [6.07, 6.45) is -0.0877. The summed E-state index contributed by atoms with van der Waals surface area (Å²) in [5.41, 5.74) is 2.07. The van der Waals surface area contributed by atoms with E-state index in [0.29, 0.717) is 42.3 Å². The van der Waals surface area contributed by atoms with Gasteiger partial charge < -0.3 is 0 Å². The maximum absolute atomic E-state index is 15.4. The molecule has 1 unspecified atom stereocenters. The Labute approximate surface area is 189 Å². The molecule has 5 rings (SSSR count). The maximum Gasteiger partial charge on any atom is 0.253 e. The van der Waals surface area contributed by atoms with Crippen LogP contribution in [0.15, 0.2) is 30.3 Å². The fourth-order valence-corrected chi connectivity index (χ4v) is 6.36. The van der Waals surface area contributed by atoms with Gasteiger partial charge in [-0.2, -0.15) is 0 Å². The fraction of sp³-hybridized carbons (Fsp3) is 0.476. The second-order valence-corrected chi connectivity index (χ2v) is 12.0. The van der Waals surface area contributed by atoms with Crippen molar-refractivity contribution in [2.45, 2.75) is 18.9 Å². The van der Waals surface area contributed by atoms with Crippen molar-refractivity contribution in [2.75, 3.05) is 46.8 Å². The first-order valence-corrected chi connectivity index (χ1v) is 13.0. The van der Waals surface area contributed by atoms with Crippen LogP contribution in [0.1, 0.15) is 12.0 Å². The van der Waals surface area contributed by atoms with Crippen molar-refractivity contribution in [2.24, 2.45) is 5.92 Å². The van der Waals surface area contributed by atoms with Gasteiger partial charge in [0.2, 0.25) is 0 Å². The Kier molecular flexibility index (Phi) is 5.33. The normalized spacial score (nSPS) is 23.9. The van der Waals surface area contributed by atoms with Gasteiger partial charge in [-0.1, -0.05) is 12.1 Å². The van der Waals surface area contributed by atoms with Crippen LogP contribution >= 0.6 is 12.1 Å². The Hall–Kier alpha value is -1.98. The zero-order chi connectivity index (χ0) is 22.7. The summed E-state index contributed by atoms with van der Waals surface area (Å²) in [7, 11) is -1.18. The molecule has 0 N–H and O–H groups in total. The second-order valence-electron chi connectivity index (χ2n) is 8.55. The Morgan fingerprint density at radius 1 is 1.19 bits per heavy atom. The molecule has 2 fully saturated rings. The summed E-state index contributed by atoms with van der Waals surface area (Å²) in [5, 5.41) is 0. The number of halogens is 3. The molecular weight excluding hydrogens is 461 g/mol. The number of anilines is 2. The van der Waals surface area contributed by atoms with E-state index in [4.69, 9.17) is 0 Å². The predicted octanol–water partition coefficient (Wildman–Crippen LogP) is 3.59. The van der Waals surface area contributed by atoms with E-state index in [1.165, 1.54) is 12.1 Å². The summed E-state index contributed by atoms with van der Waals surface area (Å²) in [6, 6.07) is 8.65. The van der Waals surface area contributed by atoms with Gasteiger partial charge in [0.1, 0.15) is 5.82 Å². The summed E-state index contributed by atoms with van der Waals surface area (Å²) < 4.78 is 69.0.